The Kier molecular flexibility index (Phi) is 5.76. The molecule has 2 rings (SSSR count). The molecule has 2 aromatic rings. The Hall–Kier alpha value is -2.34. The molecule has 6 nitrogen and oxygen atoms in total. The van der Waals surface area contributed by atoms with Crippen molar-refractivity contribution >= 4 is 11.7 Å². The van der Waals surface area contributed by atoms with E-state index in [9.17, 15) is 9.90 Å². The Bertz CT molecular complexity index is 596. The van der Waals surface area contributed by atoms with Crippen LogP contribution in [-0.2, 0) is 0 Å². The third-order valence-corrected chi connectivity index (χ3v) is 4.28. The van der Waals surface area contributed by atoms with E-state index in [-0.39, 0.29) is 18.1 Å². The molecule has 124 valence electrons. The van der Waals surface area contributed by atoms with Crippen molar-refractivity contribution in [2.45, 2.75) is 26.7 Å². The van der Waals surface area contributed by atoms with Gasteiger partial charge in [0.2, 0.25) is 5.89 Å². The monoisotopic (exact) mass is 317 g/mol. The summed E-state index contributed by atoms with van der Waals surface area (Å²) in [6.45, 7) is 4.53. The number of carbonyl (C=O) groups excluding carboxylic acids is 1. The SMILES string of the molecule is CCC(CC)(CO)CNC(=O)Nc1ccc(-c2ncco2)cc1. The number of aliphatic hydroxyl groups excluding tert-OH is 1. The number of amides is 2. The lowest BCUT2D eigenvalue weighted by atomic mass is 9.83. The molecule has 0 bridgehead atoms. The van der Waals surface area contributed by atoms with Crippen molar-refractivity contribution in [2.75, 3.05) is 18.5 Å². The normalized spacial score (nSPS) is 11.3. The maximum atomic E-state index is 12.0. The van der Waals surface area contributed by atoms with Gasteiger partial charge >= 0.3 is 6.03 Å². The minimum Gasteiger partial charge on any atom is -0.445 e. The highest BCUT2D eigenvalue weighted by Gasteiger charge is 2.25. The molecule has 0 fully saturated rings. The number of aliphatic hydroxyl groups is 1. The zero-order valence-electron chi connectivity index (χ0n) is 13.5. The van der Waals surface area contributed by atoms with Gasteiger partial charge in [-0.3, -0.25) is 0 Å². The first-order chi connectivity index (χ1) is 11.1. The Labute approximate surface area is 135 Å². The maximum absolute atomic E-state index is 12.0. The van der Waals surface area contributed by atoms with Gasteiger partial charge in [-0.25, -0.2) is 9.78 Å². The number of hydrogen-bond donors (Lipinski definition) is 3. The van der Waals surface area contributed by atoms with Crippen LogP contribution in [0.15, 0.2) is 41.1 Å². The minimum atomic E-state index is -0.284. The third-order valence-electron chi connectivity index (χ3n) is 4.28. The van der Waals surface area contributed by atoms with Gasteiger partial charge in [0.25, 0.3) is 0 Å². The summed E-state index contributed by atoms with van der Waals surface area (Å²) in [5, 5.41) is 15.1. The van der Waals surface area contributed by atoms with Crippen LogP contribution in [0.3, 0.4) is 0 Å². The molecule has 0 saturated heterocycles. The summed E-state index contributed by atoms with van der Waals surface area (Å²) in [5.74, 6) is 0.541. The average molecular weight is 317 g/mol. The minimum absolute atomic E-state index is 0.0606. The molecule has 2 amide bonds. The lowest BCUT2D eigenvalue weighted by molar-refractivity contribution is 0.116. The molecule has 3 N–H and O–H groups in total. The Balaban J connectivity index is 1.90. The van der Waals surface area contributed by atoms with Crippen LogP contribution in [0.5, 0.6) is 0 Å². The second-order valence-electron chi connectivity index (χ2n) is 5.59. The van der Waals surface area contributed by atoms with E-state index in [2.05, 4.69) is 15.6 Å². The predicted molar refractivity (Wildman–Crippen MR) is 89.1 cm³/mol. The van der Waals surface area contributed by atoms with Crippen molar-refractivity contribution in [3.63, 3.8) is 0 Å². The Morgan fingerprint density at radius 2 is 1.96 bits per heavy atom. The van der Waals surface area contributed by atoms with Crippen molar-refractivity contribution < 1.29 is 14.3 Å². The summed E-state index contributed by atoms with van der Waals surface area (Å²) < 4.78 is 5.22. The van der Waals surface area contributed by atoms with Gasteiger partial charge in [0.05, 0.1) is 12.8 Å². The number of nitrogens with one attached hydrogen (secondary N) is 2. The van der Waals surface area contributed by atoms with Gasteiger partial charge < -0.3 is 20.2 Å². The van der Waals surface area contributed by atoms with Crippen LogP contribution >= 0.6 is 0 Å². The number of benzene rings is 1. The fourth-order valence-electron chi connectivity index (χ4n) is 2.28. The van der Waals surface area contributed by atoms with Gasteiger partial charge in [-0.05, 0) is 37.1 Å². The highest BCUT2D eigenvalue weighted by Crippen LogP contribution is 2.24. The molecule has 6 heteroatoms. The molecule has 0 aliphatic carbocycles. The number of rotatable bonds is 7. The Morgan fingerprint density at radius 1 is 1.26 bits per heavy atom. The second-order valence-corrected chi connectivity index (χ2v) is 5.59. The summed E-state index contributed by atoms with van der Waals surface area (Å²) >= 11 is 0. The van der Waals surface area contributed by atoms with Crippen LogP contribution in [0, 0.1) is 5.41 Å². The molecule has 0 aliphatic rings. The van der Waals surface area contributed by atoms with E-state index in [1.165, 1.54) is 6.26 Å². The lowest BCUT2D eigenvalue weighted by Crippen LogP contribution is -2.41. The van der Waals surface area contributed by atoms with Gasteiger partial charge in [-0.15, -0.1) is 0 Å². The van der Waals surface area contributed by atoms with E-state index in [0.29, 0.717) is 18.1 Å². The summed E-state index contributed by atoms with van der Waals surface area (Å²) in [6, 6.07) is 6.96. The summed E-state index contributed by atoms with van der Waals surface area (Å²) in [5.41, 5.74) is 1.27. The molecule has 1 aromatic heterocycles. The number of hydrogen-bond acceptors (Lipinski definition) is 4. The summed E-state index contributed by atoms with van der Waals surface area (Å²) in [4.78, 5) is 16.1. The van der Waals surface area contributed by atoms with Crippen molar-refractivity contribution in [1.82, 2.24) is 10.3 Å². The molecule has 1 heterocycles. The average Bonchev–Trinajstić information content (AvgIpc) is 3.12. The molecule has 0 atom stereocenters. The molecule has 0 unspecified atom stereocenters. The maximum Gasteiger partial charge on any atom is 0.319 e. The van der Waals surface area contributed by atoms with Crippen LogP contribution in [0.1, 0.15) is 26.7 Å². The number of oxazole rings is 1. The topological polar surface area (TPSA) is 87.4 Å². The molecule has 0 radical (unpaired) electrons. The molecule has 1 aromatic carbocycles. The van der Waals surface area contributed by atoms with E-state index in [1.807, 2.05) is 26.0 Å². The van der Waals surface area contributed by atoms with Gasteiger partial charge in [0.15, 0.2) is 0 Å². The van der Waals surface area contributed by atoms with Crippen molar-refractivity contribution in [3.05, 3.63) is 36.7 Å². The van der Waals surface area contributed by atoms with Gasteiger partial charge in [0, 0.05) is 23.2 Å². The predicted octanol–water partition coefficient (Wildman–Crippen LogP) is 3.26. The number of anilines is 1. The third kappa shape index (κ3) is 4.32. The zero-order chi connectivity index (χ0) is 16.7. The van der Waals surface area contributed by atoms with Crippen molar-refractivity contribution in [1.29, 1.82) is 0 Å². The molecule has 23 heavy (non-hydrogen) atoms. The van der Waals surface area contributed by atoms with Crippen LogP contribution < -0.4 is 10.6 Å². The number of nitrogens with zero attached hydrogens (tertiary/aromatic N) is 1. The van der Waals surface area contributed by atoms with Gasteiger partial charge in [-0.1, -0.05) is 13.8 Å². The van der Waals surface area contributed by atoms with E-state index < -0.39 is 0 Å². The number of carbonyl (C=O) groups is 1. The molecular formula is C17H23N3O3. The molecule has 0 aliphatic heterocycles. The molecule has 0 spiro atoms. The quantitative estimate of drug-likeness (QED) is 0.731. The highest BCUT2D eigenvalue weighted by atomic mass is 16.3. The first-order valence-electron chi connectivity index (χ1n) is 7.78. The van der Waals surface area contributed by atoms with E-state index >= 15 is 0 Å². The second kappa shape index (κ2) is 7.78. The fourth-order valence-corrected chi connectivity index (χ4v) is 2.28. The summed E-state index contributed by atoms with van der Waals surface area (Å²) in [6.07, 6.45) is 4.73. The smallest absolute Gasteiger partial charge is 0.319 e. The number of urea groups is 1. The first kappa shape index (κ1) is 17.0. The van der Waals surface area contributed by atoms with Crippen LogP contribution in [0.25, 0.3) is 11.5 Å². The van der Waals surface area contributed by atoms with E-state index in [0.717, 1.165) is 18.4 Å². The Morgan fingerprint density at radius 3 is 2.48 bits per heavy atom. The fraction of sp³-hybridized carbons (Fsp3) is 0.412. The molecule has 0 saturated carbocycles. The standard InChI is InChI=1S/C17H23N3O3/c1-3-17(4-2,12-21)11-19-16(22)20-14-7-5-13(6-8-14)15-18-9-10-23-15/h5-10,21H,3-4,11-12H2,1-2H3,(H2,19,20,22). The van der Waals surface area contributed by atoms with Crippen LogP contribution in [-0.4, -0.2) is 29.3 Å². The van der Waals surface area contributed by atoms with E-state index in [4.69, 9.17) is 4.42 Å². The first-order valence-corrected chi connectivity index (χ1v) is 7.78. The van der Waals surface area contributed by atoms with E-state index in [1.54, 1.807) is 18.3 Å². The summed E-state index contributed by atoms with van der Waals surface area (Å²) in [7, 11) is 0. The van der Waals surface area contributed by atoms with Gasteiger partial charge in [0.1, 0.15) is 6.26 Å². The highest BCUT2D eigenvalue weighted by molar-refractivity contribution is 5.89. The van der Waals surface area contributed by atoms with Crippen molar-refractivity contribution in [3.8, 4) is 11.5 Å². The lowest BCUT2D eigenvalue weighted by Gasteiger charge is -2.29. The van der Waals surface area contributed by atoms with Crippen LogP contribution in [0.2, 0.25) is 0 Å². The number of aromatic nitrogens is 1. The largest absolute Gasteiger partial charge is 0.445 e. The van der Waals surface area contributed by atoms with Crippen molar-refractivity contribution in [2.24, 2.45) is 5.41 Å². The van der Waals surface area contributed by atoms with Gasteiger partial charge in [-0.2, -0.15) is 0 Å². The molecular weight excluding hydrogens is 294 g/mol. The zero-order valence-corrected chi connectivity index (χ0v) is 13.5. The van der Waals surface area contributed by atoms with Crippen LogP contribution in [0.4, 0.5) is 10.5 Å².